The molecule has 0 atom stereocenters. The first-order valence-electron chi connectivity index (χ1n) is 5.40. The van der Waals surface area contributed by atoms with Gasteiger partial charge in [-0.3, -0.25) is 4.79 Å². The van der Waals surface area contributed by atoms with Crippen molar-refractivity contribution < 1.29 is 13.7 Å². The van der Waals surface area contributed by atoms with Crippen molar-refractivity contribution in [3.63, 3.8) is 0 Å². The molecule has 1 amide bonds. The SMILES string of the molecule is O=C(CNCc1ccno1)Nc1ccc(F)cc1. The molecule has 1 aromatic carbocycles. The van der Waals surface area contributed by atoms with E-state index in [1.165, 1.54) is 30.5 Å². The second-order valence-electron chi connectivity index (χ2n) is 3.64. The smallest absolute Gasteiger partial charge is 0.238 e. The summed E-state index contributed by atoms with van der Waals surface area (Å²) in [6, 6.07) is 7.30. The molecule has 0 saturated carbocycles. The lowest BCUT2D eigenvalue weighted by molar-refractivity contribution is -0.115. The van der Waals surface area contributed by atoms with Crippen LogP contribution < -0.4 is 10.6 Å². The van der Waals surface area contributed by atoms with Crippen molar-refractivity contribution in [1.29, 1.82) is 0 Å². The number of anilines is 1. The number of nitrogens with one attached hydrogen (secondary N) is 2. The Morgan fingerprint density at radius 2 is 2.06 bits per heavy atom. The average molecular weight is 249 g/mol. The van der Waals surface area contributed by atoms with Gasteiger partial charge in [-0.2, -0.15) is 0 Å². The maximum absolute atomic E-state index is 12.6. The van der Waals surface area contributed by atoms with Crippen molar-refractivity contribution in [2.45, 2.75) is 6.54 Å². The van der Waals surface area contributed by atoms with Gasteiger partial charge in [-0.15, -0.1) is 0 Å². The number of rotatable bonds is 5. The fourth-order valence-electron chi connectivity index (χ4n) is 1.37. The minimum atomic E-state index is -0.337. The first-order chi connectivity index (χ1) is 8.74. The Morgan fingerprint density at radius 1 is 1.28 bits per heavy atom. The predicted molar refractivity (Wildman–Crippen MR) is 63.2 cm³/mol. The maximum Gasteiger partial charge on any atom is 0.238 e. The van der Waals surface area contributed by atoms with Crippen molar-refractivity contribution >= 4 is 11.6 Å². The highest BCUT2D eigenvalue weighted by atomic mass is 19.1. The predicted octanol–water partition coefficient (Wildman–Crippen LogP) is 1.54. The van der Waals surface area contributed by atoms with Gasteiger partial charge in [0.25, 0.3) is 0 Å². The van der Waals surface area contributed by atoms with Crippen LogP contribution in [0.5, 0.6) is 0 Å². The number of amides is 1. The van der Waals surface area contributed by atoms with E-state index < -0.39 is 0 Å². The number of hydrogen-bond donors (Lipinski definition) is 2. The van der Waals surface area contributed by atoms with Gasteiger partial charge in [-0.05, 0) is 24.3 Å². The zero-order valence-electron chi connectivity index (χ0n) is 9.52. The number of aromatic nitrogens is 1. The van der Waals surface area contributed by atoms with Crippen LogP contribution >= 0.6 is 0 Å². The molecule has 2 aromatic rings. The monoisotopic (exact) mass is 249 g/mol. The van der Waals surface area contributed by atoms with E-state index in [1.807, 2.05) is 0 Å². The molecular formula is C12H12FN3O2. The quantitative estimate of drug-likeness (QED) is 0.843. The lowest BCUT2D eigenvalue weighted by Gasteiger charge is -2.05. The van der Waals surface area contributed by atoms with Gasteiger partial charge in [0, 0.05) is 11.8 Å². The highest BCUT2D eigenvalue weighted by molar-refractivity contribution is 5.92. The van der Waals surface area contributed by atoms with E-state index in [4.69, 9.17) is 4.52 Å². The van der Waals surface area contributed by atoms with E-state index in [0.717, 1.165) is 0 Å². The zero-order valence-corrected chi connectivity index (χ0v) is 9.52. The molecule has 2 rings (SSSR count). The Balaban J connectivity index is 1.73. The molecule has 0 bridgehead atoms. The summed E-state index contributed by atoms with van der Waals surface area (Å²) in [7, 11) is 0. The largest absolute Gasteiger partial charge is 0.360 e. The van der Waals surface area contributed by atoms with Gasteiger partial charge >= 0.3 is 0 Å². The van der Waals surface area contributed by atoms with Gasteiger partial charge in [0.1, 0.15) is 11.6 Å². The standard InChI is InChI=1S/C12H12FN3O2/c13-9-1-3-10(4-2-9)16-12(17)8-14-7-11-5-6-15-18-11/h1-6,14H,7-8H2,(H,16,17). The van der Waals surface area contributed by atoms with Crippen LogP contribution in [0.15, 0.2) is 41.1 Å². The van der Waals surface area contributed by atoms with E-state index in [9.17, 15) is 9.18 Å². The first kappa shape index (κ1) is 12.3. The third-order valence-electron chi connectivity index (χ3n) is 2.20. The number of hydrogen-bond acceptors (Lipinski definition) is 4. The first-order valence-corrected chi connectivity index (χ1v) is 5.40. The molecule has 0 radical (unpaired) electrons. The van der Waals surface area contributed by atoms with Gasteiger partial charge < -0.3 is 15.2 Å². The molecule has 0 aliphatic heterocycles. The summed E-state index contributed by atoms with van der Waals surface area (Å²) in [6.07, 6.45) is 1.54. The summed E-state index contributed by atoms with van der Waals surface area (Å²) in [6.45, 7) is 0.564. The molecule has 1 aromatic heterocycles. The molecule has 1 heterocycles. The fourth-order valence-corrected chi connectivity index (χ4v) is 1.37. The summed E-state index contributed by atoms with van der Waals surface area (Å²) < 4.78 is 17.5. The van der Waals surface area contributed by atoms with Crippen molar-refractivity contribution in [3.05, 3.63) is 48.1 Å². The van der Waals surface area contributed by atoms with E-state index >= 15 is 0 Å². The van der Waals surface area contributed by atoms with E-state index in [0.29, 0.717) is 18.0 Å². The number of halogens is 1. The Morgan fingerprint density at radius 3 is 2.72 bits per heavy atom. The third-order valence-corrected chi connectivity index (χ3v) is 2.20. The topological polar surface area (TPSA) is 67.2 Å². The molecule has 94 valence electrons. The van der Waals surface area contributed by atoms with Crippen LogP contribution in [0.3, 0.4) is 0 Å². The van der Waals surface area contributed by atoms with E-state index in [1.54, 1.807) is 6.07 Å². The van der Waals surface area contributed by atoms with Gasteiger partial charge in [0.15, 0.2) is 0 Å². The fraction of sp³-hybridized carbons (Fsp3) is 0.167. The highest BCUT2D eigenvalue weighted by Crippen LogP contribution is 2.07. The molecule has 5 nitrogen and oxygen atoms in total. The summed E-state index contributed by atoms with van der Waals surface area (Å²) in [4.78, 5) is 11.5. The Bertz CT molecular complexity index is 497. The van der Waals surface area contributed by atoms with Crippen LogP contribution in [0.25, 0.3) is 0 Å². The molecular weight excluding hydrogens is 237 g/mol. The molecule has 0 saturated heterocycles. The molecule has 0 aliphatic carbocycles. The summed E-state index contributed by atoms with van der Waals surface area (Å²) in [5.41, 5.74) is 0.558. The van der Waals surface area contributed by atoms with Crippen LogP contribution in [0.2, 0.25) is 0 Å². The van der Waals surface area contributed by atoms with Gasteiger partial charge in [-0.25, -0.2) is 4.39 Å². The van der Waals surface area contributed by atoms with Gasteiger partial charge in [0.2, 0.25) is 5.91 Å². The van der Waals surface area contributed by atoms with Crippen LogP contribution in [-0.4, -0.2) is 17.6 Å². The lowest BCUT2D eigenvalue weighted by Crippen LogP contribution is -2.27. The molecule has 0 unspecified atom stereocenters. The number of carbonyl (C=O) groups excluding carboxylic acids is 1. The van der Waals surface area contributed by atoms with Gasteiger partial charge in [-0.1, -0.05) is 5.16 Å². The van der Waals surface area contributed by atoms with Crippen molar-refractivity contribution in [2.75, 3.05) is 11.9 Å². The van der Waals surface area contributed by atoms with Gasteiger partial charge in [0.05, 0.1) is 19.3 Å². The lowest BCUT2D eigenvalue weighted by atomic mass is 10.3. The second-order valence-corrected chi connectivity index (χ2v) is 3.64. The summed E-state index contributed by atoms with van der Waals surface area (Å²) in [5, 5.41) is 9.08. The normalized spacial score (nSPS) is 10.3. The third kappa shape index (κ3) is 3.67. The summed E-state index contributed by atoms with van der Waals surface area (Å²) >= 11 is 0. The Hall–Kier alpha value is -2.21. The Kier molecular flexibility index (Phi) is 4.03. The molecule has 18 heavy (non-hydrogen) atoms. The molecule has 0 spiro atoms. The Labute approximate surface area is 103 Å². The van der Waals surface area contributed by atoms with E-state index in [-0.39, 0.29) is 18.3 Å². The highest BCUT2D eigenvalue weighted by Gasteiger charge is 2.03. The number of benzene rings is 1. The van der Waals surface area contributed by atoms with Crippen LogP contribution in [0.4, 0.5) is 10.1 Å². The minimum absolute atomic E-state index is 0.137. The maximum atomic E-state index is 12.6. The van der Waals surface area contributed by atoms with E-state index in [2.05, 4.69) is 15.8 Å². The molecule has 2 N–H and O–H groups in total. The average Bonchev–Trinajstić information content (AvgIpc) is 2.85. The number of carbonyl (C=O) groups is 1. The van der Waals surface area contributed by atoms with Crippen molar-refractivity contribution in [1.82, 2.24) is 10.5 Å². The molecule has 6 heteroatoms. The molecule has 0 aliphatic rings. The van der Waals surface area contributed by atoms with Crippen molar-refractivity contribution in [3.8, 4) is 0 Å². The zero-order chi connectivity index (χ0) is 12.8. The molecule has 0 fully saturated rings. The summed E-state index contributed by atoms with van der Waals surface area (Å²) in [5.74, 6) is 0.113. The second kappa shape index (κ2) is 5.92. The number of nitrogens with zero attached hydrogens (tertiary/aromatic N) is 1. The van der Waals surface area contributed by atoms with Crippen LogP contribution in [0, 0.1) is 5.82 Å². The van der Waals surface area contributed by atoms with Crippen LogP contribution in [0.1, 0.15) is 5.76 Å². The van der Waals surface area contributed by atoms with Crippen LogP contribution in [-0.2, 0) is 11.3 Å². The van der Waals surface area contributed by atoms with Crippen molar-refractivity contribution in [2.24, 2.45) is 0 Å². The minimum Gasteiger partial charge on any atom is -0.360 e.